The molecule has 0 spiro atoms. The van der Waals surface area contributed by atoms with Gasteiger partial charge < -0.3 is 0 Å². The van der Waals surface area contributed by atoms with Crippen LogP contribution in [0.15, 0.2) is 24.3 Å². The second kappa shape index (κ2) is 11.4. The van der Waals surface area contributed by atoms with Crippen molar-refractivity contribution in [2.75, 3.05) is 0 Å². The molecule has 0 bridgehead atoms. The predicted octanol–water partition coefficient (Wildman–Crippen LogP) is 6.31. The molecule has 1 aromatic carbocycles. The number of hydrogen-bond acceptors (Lipinski definition) is 0. The van der Waals surface area contributed by atoms with Crippen molar-refractivity contribution in [2.24, 2.45) is 0 Å². The molecule has 115 valence electrons. The van der Waals surface area contributed by atoms with E-state index in [9.17, 15) is 0 Å². The van der Waals surface area contributed by atoms with Crippen LogP contribution in [0.1, 0.15) is 53.5 Å². The van der Waals surface area contributed by atoms with Gasteiger partial charge in [0.2, 0.25) is 0 Å². The van der Waals surface area contributed by atoms with Crippen molar-refractivity contribution in [3.05, 3.63) is 52.1 Å². The van der Waals surface area contributed by atoms with Gasteiger partial charge in [0.25, 0.3) is 0 Å². The normalized spacial score (nSPS) is 15.2. The molecular weight excluding hydrogens is 353 g/mol. The van der Waals surface area contributed by atoms with Crippen LogP contribution in [-0.2, 0) is 17.3 Å². The first-order chi connectivity index (χ1) is 9.55. The summed E-state index contributed by atoms with van der Waals surface area (Å²) in [7, 11) is 4.57. The first-order valence-corrected chi connectivity index (χ1v) is 9.42. The molecule has 0 atom stereocenters. The van der Waals surface area contributed by atoms with E-state index < -0.39 is 0 Å². The van der Waals surface area contributed by atoms with Crippen LogP contribution in [0, 0.1) is 34.6 Å². The van der Waals surface area contributed by atoms with Crippen molar-refractivity contribution in [3.63, 3.8) is 0 Å². The summed E-state index contributed by atoms with van der Waals surface area (Å²) in [5.74, 6) is 0. The molecule has 0 radical (unpaired) electrons. The van der Waals surface area contributed by atoms with Gasteiger partial charge >= 0.3 is 27.0 Å². The summed E-state index contributed by atoms with van der Waals surface area (Å²) in [6.45, 7) is 11.0. The Kier molecular flexibility index (Phi) is 11.3. The summed E-state index contributed by atoms with van der Waals surface area (Å²) in [6, 6.07) is 0. The summed E-state index contributed by atoms with van der Waals surface area (Å²) in [5, 5.41) is 0. The molecule has 1 aromatic rings. The predicted molar refractivity (Wildman–Crippen MR) is 88.3 cm³/mol. The van der Waals surface area contributed by atoms with Crippen LogP contribution in [0.4, 0.5) is 0 Å². The zero-order valence-electron chi connectivity index (χ0n) is 13.4. The molecule has 1 aliphatic carbocycles. The first kappa shape index (κ1) is 19.7. The molecule has 2 heteroatoms. The third kappa shape index (κ3) is 6.46. The summed E-state index contributed by atoms with van der Waals surface area (Å²) >= 11 is 1.82. The van der Waals surface area contributed by atoms with Crippen molar-refractivity contribution in [1.82, 2.24) is 0 Å². The Hall–Kier alpha value is -0.257. The molecule has 0 nitrogen and oxygen atoms in total. The Balaban J connectivity index is 0.000000327. The van der Waals surface area contributed by atoms with Gasteiger partial charge in [0.15, 0.2) is 0 Å². The van der Waals surface area contributed by atoms with Crippen LogP contribution in [0.5, 0.6) is 0 Å². The summed E-state index contributed by atoms with van der Waals surface area (Å²) in [6.07, 6.45) is 14.0. The summed E-state index contributed by atoms with van der Waals surface area (Å²) < 4.78 is 0. The van der Waals surface area contributed by atoms with E-state index in [4.69, 9.17) is 0 Å². The number of rotatable bonds is 0. The van der Waals surface area contributed by atoms with E-state index in [0.717, 1.165) is 0 Å². The minimum atomic E-state index is 1.23. The molecule has 0 saturated heterocycles. The monoisotopic (exact) mass is 380 g/mol. The zero-order valence-corrected chi connectivity index (χ0v) is 15.9. The van der Waals surface area contributed by atoms with Gasteiger partial charge in [-0.2, -0.15) is 27.8 Å². The Labute approximate surface area is 139 Å². The Bertz CT molecular complexity index is 332. The second-order valence-corrected chi connectivity index (χ2v) is 5.22. The quantitative estimate of drug-likeness (QED) is 0.281. The molecule has 2 rings (SSSR count). The SMILES string of the molecule is C1=CCC/C=C\CC1.Cc1c(C)c(C)[c-](C)c1C.[Cl][Ru]. The molecule has 0 aliphatic heterocycles. The molecule has 0 heterocycles. The first-order valence-electron chi connectivity index (χ1n) is 7.18. The van der Waals surface area contributed by atoms with Gasteiger partial charge in [-0.05, 0) is 25.7 Å². The maximum absolute atomic E-state index is 4.57. The van der Waals surface area contributed by atoms with Gasteiger partial charge in [0, 0.05) is 0 Å². The summed E-state index contributed by atoms with van der Waals surface area (Å²) in [4.78, 5) is 0. The second-order valence-electron chi connectivity index (χ2n) is 5.22. The van der Waals surface area contributed by atoms with Gasteiger partial charge in [0.05, 0.1) is 0 Å². The van der Waals surface area contributed by atoms with Crippen LogP contribution in [0.3, 0.4) is 0 Å². The Morgan fingerprint density at radius 2 is 1.00 bits per heavy atom. The third-order valence-corrected chi connectivity index (χ3v) is 4.15. The number of allylic oxidation sites excluding steroid dienone is 4. The van der Waals surface area contributed by atoms with Gasteiger partial charge in [-0.1, -0.05) is 58.9 Å². The molecule has 0 fully saturated rings. The van der Waals surface area contributed by atoms with E-state index in [1.807, 2.05) is 17.3 Å². The van der Waals surface area contributed by atoms with Gasteiger partial charge in [-0.15, -0.1) is 0 Å². The molecule has 0 aromatic heterocycles. The van der Waals surface area contributed by atoms with Crippen LogP contribution < -0.4 is 0 Å². The average Bonchev–Trinajstić information content (AvgIpc) is 2.59. The van der Waals surface area contributed by atoms with Crippen LogP contribution in [0.2, 0.25) is 0 Å². The van der Waals surface area contributed by atoms with Crippen LogP contribution >= 0.6 is 9.69 Å². The standard InChI is InChI=1S/C10H15.C8H12.ClH.Ru/c1-6-7(2)9(4)10(5)8(6)3;1-2-4-6-8-7-5-3-1;;/h1-5H3;1-2,7-8H,3-6H2;1H;/q-1;;;+1/p-1/b;2-1-,8-7?;;. The number of hydrogen-bond donors (Lipinski definition) is 0. The van der Waals surface area contributed by atoms with E-state index >= 15 is 0 Å². The molecule has 0 N–H and O–H groups in total. The third-order valence-electron chi connectivity index (χ3n) is 4.15. The van der Waals surface area contributed by atoms with E-state index in [-0.39, 0.29) is 0 Å². The Morgan fingerprint density at radius 1 is 0.750 bits per heavy atom. The fourth-order valence-corrected chi connectivity index (χ4v) is 2.26. The molecular formula is C18H27ClRu-. The van der Waals surface area contributed by atoms with E-state index in [1.54, 1.807) is 0 Å². The maximum atomic E-state index is 4.57. The van der Waals surface area contributed by atoms with Crippen molar-refractivity contribution in [3.8, 4) is 0 Å². The summed E-state index contributed by atoms with van der Waals surface area (Å²) in [5.41, 5.74) is 7.34. The molecule has 20 heavy (non-hydrogen) atoms. The molecule has 0 saturated carbocycles. The van der Waals surface area contributed by atoms with Gasteiger partial charge in [0.1, 0.15) is 0 Å². The average molecular weight is 380 g/mol. The van der Waals surface area contributed by atoms with Crippen molar-refractivity contribution in [2.45, 2.75) is 60.3 Å². The molecule has 0 unspecified atom stereocenters. The topological polar surface area (TPSA) is 0 Å². The fraction of sp³-hybridized carbons (Fsp3) is 0.500. The van der Waals surface area contributed by atoms with E-state index in [1.165, 1.54) is 53.5 Å². The molecule has 1 aliphatic rings. The van der Waals surface area contributed by atoms with Crippen molar-refractivity contribution in [1.29, 1.82) is 0 Å². The van der Waals surface area contributed by atoms with E-state index in [0.29, 0.717) is 0 Å². The van der Waals surface area contributed by atoms with Gasteiger partial charge in [-0.3, -0.25) is 0 Å². The van der Waals surface area contributed by atoms with Gasteiger partial charge in [-0.25, -0.2) is 0 Å². The van der Waals surface area contributed by atoms with Crippen LogP contribution in [-0.4, -0.2) is 0 Å². The minimum absolute atomic E-state index is 1.23. The van der Waals surface area contributed by atoms with Crippen molar-refractivity contribution < 1.29 is 17.3 Å². The van der Waals surface area contributed by atoms with Crippen LogP contribution in [0.25, 0.3) is 0 Å². The number of halogens is 1. The Morgan fingerprint density at radius 3 is 1.15 bits per heavy atom. The van der Waals surface area contributed by atoms with Crippen molar-refractivity contribution >= 4 is 9.69 Å². The zero-order chi connectivity index (χ0) is 15.5. The van der Waals surface area contributed by atoms with E-state index in [2.05, 4.69) is 68.6 Å². The molecule has 0 amide bonds. The fourth-order valence-electron chi connectivity index (χ4n) is 2.26.